The van der Waals surface area contributed by atoms with Crippen molar-refractivity contribution in [2.75, 3.05) is 27.7 Å². The van der Waals surface area contributed by atoms with Gasteiger partial charge in [0.2, 0.25) is 0 Å². The number of methoxy groups -OCH3 is 1. The molecule has 0 amide bonds. The first kappa shape index (κ1) is 12.9. The lowest BCUT2D eigenvalue weighted by atomic mass is 10.1. The summed E-state index contributed by atoms with van der Waals surface area (Å²) in [5.74, 6) is -1.20. The average Bonchev–Trinajstić information content (AvgIpc) is 2.24. The zero-order valence-corrected chi connectivity index (χ0v) is 9.89. The number of benzene rings is 1. The monoisotopic (exact) mass is 229 g/mol. The van der Waals surface area contributed by atoms with Crippen molar-refractivity contribution in [1.29, 1.82) is 0 Å². The summed E-state index contributed by atoms with van der Waals surface area (Å²) in [7, 11) is 5.35. The van der Waals surface area contributed by atoms with E-state index in [1.165, 1.54) is 13.2 Å². The molecular formula is C12H17F2NO. The van der Waals surface area contributed by atoms with Crippen LogP contribution in [0.25, 0.3) is 0 Å². The first-order valence-corrected chi connectivity index (χ1v) is 5.22. The molecule has 90 valence electrons. The number of rotatable bonds is 5. The molecule has 0 unspecified atom stereocenters. The molecule has 0 bridgehead atoms. The van der Waals surface area contributed by atoms with E-state index < -0.39 is 11.6 Å². The first-order valence-electron chi connectivity index (χ1n) is 5.22. The van der Waals surface area contributed by atoms with Gasteiger partial charge in [-0.15, -0.1) is 0 Å². The number of ether oxygens (including phenoxy) is 1. The molecule has 0 fully saturated rings. The molecule has 0 radical (unpaired) electrons. The predicted octanol–water partition coefficient (Wildman–Crippen LogP) is 2.47. The van der Waals surface area contributed by atoms with Gasteiger partial charge in [-0.3, -0.25) is 0 Å². The van der Waals surface area contributed by atoms with E-state index in [4.69, 9.17) is 4.74 Å². The summed E-state index contributed by atoms with van der Waals surface area (Å²) in [5.41, 5.74) is 0.323. The highest BCUT2D eigenvalue weighted by molar-refractivity contribution is 5.35. The summed E-state index contributed by atoms with van der Waals surface area (Å²) < 4.78 is 31.6. The van der Waals surface area contributed by atoms with Gasteiger partial charge in [0.1, 0.15) is 5.75 Å². The SMILES string of the molecule is COc1ccc(F)c(F)c1CCCN(C)C. The van der Waals surface area contributed by atoms with Crippen molar-refractivity contribution in [2.45, 2.75) is 12.8 Å². The molecule has 0 heterocycles. The van der Waals surface area contributed by atoms with E-state index in [-0.39, 0.29) is 0 Å². The molecule has 16 heavy (non-hydrogen) atoms. The molecular weight excluding hydrogens is 212 g/mol. The van der Waals surface area contributed by atoms with Gasteiger partial charge in [-0.05, 0) is 45.6 Å². The minimum atomic E-state index is -0.819. The van der Waals surface area contributed by atoms with Crippen LogP contribution < -0.4 is 4.74 Å². The molecule has 0 atom stereocenters. The molecule has 1 aromatic carbocycles. The second-order valence-electron chi connectivity index (χ2n) is 3.95. The fourth-order valence-corrected chi connectivity index (χ4v) is 1.57. The third-order valence-electron chi connectivity index (χ3n) is 2.41. The lowest BCUT2D eigenvalue weighted by Crippen LogP contribution is -2.14. The Morgan fingerprint density at radius 2 is 1.94 bits per heavy atom. The maximum absolute atomic E-state index is 13.5. The van der Waals surface area contributed by atoms with E-state index >= 15 is 0 Å². The van der Waals surface area contributed by atoms with E-state index in [0.29, 0.717) is 17.7 Å². The Labute approximate surface area is 94.8 Å². The molecule has 2 nitrogen and oxygen atoms in total. The highest BCUT2D eigenvalue weighted by Crippen LogP contribution is 2.24. The average molecular weight is 229 g/mol. The van der Waals surface area contributed by atoms with Crippen molar-refractivity contribution in [3.63, 3.8) is 0 Å². The third-order valence-corrected chi connectivity index (χ3v) is 2.41. The van der Waals surface area contributed by atoms with Crippen LogP contribution in [0.5, 0.6) is 5.75 Å². The quantitative estimate of drug-likeness (QED) is 0.769. The van der Waals surface area contributed by atoms with Crippen LogP contribution >= 0.6 is 0 Å². The fraction of sp³-hybridized carbons (Fsp3) is 0.500. The highest BCUT2D eigenvalue weighted by Gasteiger charge is 2.13. The summed E-state index contributed by atoms with van der Waals surface area (Å²) in [4.78, 5) is 2.00. The fourth-order valence-electron chi connectivity index (χ4n) is 1.57. The molecule has 4 heteroatoms. The van der Waals surface area contributed by atoms with Crippen molar-refractivity contribution < 1.29 is 13.5 Å². The van der Waals surface area contributed by atoms with Crippen LogP contribution in [-0.4, -0.2) is 32.6 Å². The summed E-state index contributed by atoms with van der Waals surface area (Å²) in [6, 6.07) is 2.55. The second-order valence-corrected chi connectivity index (χ2v) is 3.95. The van der Waals surface area contributed by atoms with Crippen LogP contribution in [0.1, 0.15) is 12.0 Å². The van der Waals surface area contributed by atoms with Gasteiger partial charge >= 0.3 is 0 Å². The minimum Gasteiger partial charge on any atom is -0.496 e. The summed E-state index contributed by atoms with van der Waals surface area (Å²) in [5, 5.41) is 0. The van der Waals surface area contributed by atoms with Gasteiger partial charge in [0.05, 0.1) is 7.11 Å². The Morgan fingerprint density at radius 3 is 2.50 bits per heavy atom. The summed E-state index contributed by atoms with van der Waals surface area (Å²) >= 11 is 0. The molecule has 0 saturated carbocycles. The molecule has 0 aliphatic heterocycles. The zero-order valence-electron chi connectivity index (χ0n) is 9.89. The van der Waals surface area contributed by atoms with Crippen LogP contribution in [0.3, 0.4) is 0 Å². The van der Waals surface area contributed by atoms with Crippen molar-refractivity contribution in [1.82, 2.24) is 4.90 Å². The number of halogens is 2. The normalized spacial score (nSPS) is 10.9. The molecule has 1 rings (SSSR count). The van der Waals surface area contributed by atoms with Gasteiger partial charge in [0.25, 0.3) is 0 Å². The Morgan fingerprint density at radius 1 is 1.25 bits per heavy atom. The topological polar surface area (TPSA) is 12.5 Å². The number of hydrogen-bond acceptors (Lipinski definition) is 2. The third kappa shape index (κ3) is 3.17. The minimum absolute atomic E-state index is 0.323. The Balaban J connectivity index is 2.80. The highest BCUT2D eigenvalue weighted by atomic mass is 19.2. The van der Waals surface area contributed by atoms with Crippen LogP contribution in [-0.2, 0) is 6.42 Å². The van der Waals surface area contributed by atoms with Gasteiger partial charge < -0.3 is 9.64 Å². The lowest BCUT2D eigenvalue weighted by molar-refractivity contribution is 0.382. The predicted molar refractivity (Wildman–Crippen MR) is 59.8 cm³/mol. The maximum atomic E-state index is 13.5. The van der Waals surface area contributed by atoms with Crippen LogP contribution in [0.15, 0.2) is 12.1 Å². The van der Waals surface area contributed by atoms with Gasteiger partial charge in [0.15, 0.2) is 11.6 Å². The molecule has 0 spiro atoms. The molecule has 0 aliphatic carbocycles. The van der Waals surface area contributed by atoms with E-state index in [0.717, 1.165) is 19.0 Å². The van der Waals surface area contributed by atoms with Crippen molar-refractivity contribution in [3.8, 4) is 5.75 Å². The smallest absolute Gasteiger partial charge is 0.165 e. The zero-order chi connectivity index (χ0) is 12.1. The van der Waals surface area contributed by atoms with E-state index in [1.807, 2.05) is 19.0 Å². The van der Waals surface area contributed by atoms with Gasteiger partial charge in [0, 0.05) is 5.56 Å². The maximum Gasteiger partial charge on any atom is 0.165 e. The van der Waals surface area contributed by atoms with Crippen molar-refractivity contribution in [2.24, 2.45) is 0 Å². The summed E-state index contributed by atoms with van der Waals surface area (Å²) in [6.45, 7) is 0.832. The van der Waals surface area contributed by atoms with Gasteiger partial charge in [-0.25, -0.2) is 8.78 Å². The van der Waals surface area contributed by atoms with Crippen molar-refractivity contribution >= 4 is 0 Å². The Bertz CT molecular complexity index is 353. The Kier molecular flexibility index (Phi) is 4.68. The largest absolute Gasteiger partial charge is 0.496 e. The molecule has 0 N–H and O–H groups in total. The van der Waals surface area contributed by atoms with Gasteiger partial charge in [-0.1, -0.05) is 0 Å². The molecule has 0 aromatic heterocycles. The van der Waals surface area contributed by atoms with Crippen molar-refractivity contribution in [3.05, 3.63) is 29.3 Å². The van der Waals surface area contributed by atoms with E-state index in [1.54, 1.807) is 0 Å². The number of hydrogen-bond donors (Lipinski definition) is 0. The first-order chi connectivity index (χ1) is 7.56. The van der Waals surface area contributed by atoms with Crippen LogP contribution in [0, 0.1) is 11.6 Å². The molecule has 0 saturated heterocycles. The van der Waals surface area contributed by atoms with E-state index in [9.17, 15) is 8.78 Å². The van der Waals surface area contributed by atoms with E-state index in [2.05, 4.69) is 0 Å². The van der Waals surface area contributed by atoms with Crippen LogP contribution in [0.4, 0.5) is 8.78 Å². The Hall–Kier alpha value is -1.16. The molecule has 1 aromatic rings. The second kappa shape index (κ2) is 5.80. The lowest BCUT2D eigenvalue weighted by Gasteiger charge is -2.12. The standard InChI is InChI=1S/C12H17F2NO/c1-15(2)8-4-5-9-11(16-3)7-6-10(13)12(9)14/h6-7H,4-5,8H2,1-3H3. The molecule has 0 aliphatic rings. The van der Waals surface area contributed by atoms with Gasteiger partial charge in [-0.2, -0.15) is 0 Å². The van der Waals surface area contributed by atoms with Crippen LogP contribution in [0.2, 0.25) is 0 Å². The summed E-state index contributed by atoms with van der Waals surface area (Å²) in [6.07, 6.45) is 1.24. The number of nitrogens with zero attached hydrogens (tertiary/aromatic N) is 1.